The van der Waals surface area contributed by atoms with E-state index < -0.39 is 0 Å². The minimum Gasteiger partial charge on any atom is -0.305 e. The van der Waals surface area contributed by atoms with E-state index in [2.05, 4.69) is 40.5 Å². The number of pyridine rings is 1. The third kappa shape index (κ3) is 3.03. The monoisotopic (exact) mass is 305 g/mol. The van der Waals surface area contributed by atoms with E-state index >= 15 is 0 Å². The predicted molar refractivity (Wildman–Crippen MR) is 84.3 cm³/mol. The molecule has 0 atom stereocenters. The van der Waals surface area contributed by atoms with E-state index in [4.69, 9.17) is 11.6 Å². The lowest BCUT2D eigenvalue weighted by Crippen LogP contribution is -2.21. The molecule has 3 rings (SSSR count). The first-order valence-electron chi connectivity index (χ1n) is 6.62. The van der Waals surface area contributed by atoms with Gasteiger partial charge in [-0.3, -0.25) is 4.90 Å². The summed E-state index contributed by atoms with van der Waals surface area (Å²) in [5.41, 5.74) is 2.02. The highest BCUT2D eigenvalue weighted by molar-refractivity contribution is 7.09. The van der Waals surface area contributed by atoms with Crippen LogP contribution in [0.5, 0.6) is 0 Å². The zero-order valence-electron chi connectivity index (χ0n) is 11.3. The van der Waals surface area contributed by atoms with Gasteiger partial charge in [-0.1, -0.05) is 24.6 Å². The van der Waals surface area contributed by atoms with Crippen molar-refractivity contribution in [3.05, 3.63) is 57.6 Å². The Labute approximate surface area is 127 Å². The van der Waals surface area contributed by atoms with Gasteiger partial charge in [-0.05, 0) is 30.1 Å². The fourth-order valence-corrected chi connectivity index (χ4v) is 3.14. The molecule has 5 heteroatoms. The second-order valence-corrected chi connectivity index (χ2v) is 6.20. The van der Waals surface area contributed by atoms with Crippen molar-refractivity contribution in [3.8, 4) is 0 Å². The third-order valence-corrected chi connectivity index (χ3v) is 4.34. The van der Waals surface area contributed by atoms with Gasteiger partial charge in [-0.25, -0.2) is 4.98 Å². The molecule has 0 aliphatic heterocycles. The molecule has 0 fully saturated rings. The topological polar surface area (TPSA) is 20.5 Å². The molecule has 0 saturated carbocycles. The number of imidazole rings is 1. The molecule has 0 radical (unpaired) electrons. The molecule has 0 bridgehead atoms. The number of rotatable bonds is 5. The summed E-state index contributed by atoms with van der Waals surface area (Å²) in [5, 5.41) is 2.85. The van der Waals surface area contributed by atoms with E-state index in [0.29, 0.717) is 0 Å². The van der Waals surface area contributed by atoms with E-state index in [-0.39, 0.29) is 0 Å². The van der Waals surface area contributed by atoms with Gasteiger partial charge in [0.15, 0.2) is 0 Å². The Balaban J connectivity index is 1.76. The maximum Gasteiger partial charge on any atom is 0.137 e. The molecule has 0 amide bonds. The van der Waals surface area contributed by atoms with Crippen LogP contribution < -0.4 is 0 Å². The van der Waals surface area contributed by atoms with Crippen molar-refractivity contribution in [1.29, 1.82) is 0 Å². The van der Waals surface area contributed by atoms with Gasteiger partial charge in [0, 0.05) is 30.4 Å². The highest BCUT2D eigenvalue weighted by Crippen LogP contribution is 2.16. The molecule has 0 N–H and O–H groups in total. The number of thiophene rings is 1. The molecular formula is C15H16ClN3S. The predicted octanol–water partition coefficient (Wildman–Crippen LogP) is 4.07. The number of hydrogen-bond donors (Lipinski definition) is 0. The first-order chi connectivity index (χ1) is 9.74. The Bertz CT molecular complexity index is 690. The van der Waals surface area contributed by atoms with Crippen molar-refractivity contribution >= 4 is 28.6 Å². The number of aromatic nitrogens is 2. The number of fused-ring (bicyclic) bond motifs is 1. The van der Waals surface area contributed by atoms with Gasteiger partial charge in [0.2, 0.25) is 0 Å². The second kappa shape index (κ2) is 5.95. The standard InChI is InChI=1S/C15H16ClN3S/c1-2-18(11-14-4-3-7-20-14)9-13-10-19-8-12(16)5-6-15(19)17-13/h3-8,10H,2,9,11H2,1H3. The Kier molecular flexibility index (Phi) is 4.05. The van der Waals surface area contributed by atoms with E-state index in [1.165, 1.54) is 4.88 Å². The average molecular weight is 306 g/mol. The molecule has 3 aromatic rings. The van der Waals surface area contributed by atoms with Crippen LogP contribution in [0.2, 0.25) is 5.02 Å². The largest absolute Gasteiger partial charge is 0.305 e. The van der Waals surface area contributed by atoms with Crippen LogP contribution in [0, 0.1) is 0 Å². The van der Waals surface area contributed by atoms with Gasteiger partial charge < -0.3 is 4.40 Å². The summed E-state index contributed by atoms with van der Waals surface area (Å²) in [5.74, 6) is 0. The van der Waals surface area contributed by atoms with Gasteiger partial charge in [-0.15, -0.1) is 11.3 Å². The molecule has 0 aliphatic rings. The SMILES string of the molecule is CCN(Cc1cn2cc(Cl)ccc2n1)Cc1cccs1. The molecule has 0 saturated heterocycles. The summed E-state index contributed by atoms with van der Waals surface area (Å²) < 4.78 is 1.98. The van der Waals surface area contributed by atoms with Crippen LogP contribution in [-0.2, 0) is 13.1 Å². The Morgan fingerprint density at radius 2 is 2.15 bits per heavy atom. The molecule has 0 aromatic carbocycles. The minimum atomic E-state index is 0.729. The van der Waals surface area contributed by atoms with Gasteiger partial charge in [-0.2, -0.15) is 0 Å². The fraction of sp³-hybridized carbons (Fsp3) is 0.267. The van der Waals surface area contributed by atoms with Crippen molar-refractivity contribution in [2.75, 3.05) is 6.54 Å². The highest BCUT2D eigenvalue weighted by atomic mass is 35.5. The van der Waals surface area contributed by atoms with Crippen molar-refractivity contribution in [1.82, 2.24) is 14.3 Å². The lowest BCUT2D eigenvalue weighted by atomic mass is 10.3. The molecule has 3 heterocycles. The number of nitrogens with zero attached hydrogens (tertiary/aromatic N) is 3. The normalized spacial score (nSPS) is 11.6. The van der Waals surface area contributed by atoms with Gasteiger partial charge in [0.05, 0.1) is 10.7 Å². The van der Waals surface area contributed by atoms with Gasteiger partial charge in [0.1, 0.15) is 5.65 Å². The number of halogens is 1. The lowest BCUT2D eigenvalue weighted by molar-refractivity contribution is 0.271. The molecule has 104 valence electrons. The minimum absolute atomic E-state index is 0.729. The van der Waals surface area contributed by atoms with Crippen LogP contribution in [0.4, 0.5) is 0 Å². The summed E-state index contributed by atoms with van der Waals surface area (Å²) in [6, 6.07) is 8.09. The molecule has 0 aliphatic carbocycles. The summed E-state index contributed by atoms with van der Waals surface area (Å²) >= 11 is 7.80. The number of hydrogen-bond acceptors (Lipinski definition) is 3. The Morgan fingerprint density at radius 1 is 1.25 bits per heavy atom. The van der Waals surface area contributed by atoms with Crippen molar-refractivity contribution in [3.63, 3.8) is 0 Å². The highest BCUT2D eigenvalue weighted by Gasteiger charge is 2.09. The maximum absolute atomic E-state index is 6.00. The van der Waals surface area contributed by atoms with E-state index in [1.807, 2.05) is 22.7 Å². The summed E-state index contributed by atoms with van der Waals surface area (Å²) in [6.45, 7) is 5.02. The molecule has 0 unspecified atom stereocenters. The molecular weight excluding hydrogens is 290 g/mol. The fourth-order valence-electron chi connectivity index (χ4n) is 2.22. The van der Waals surface area contributed by atoms with Crippen molar-refractivity contribution < 1.29 is 0 Å². The molecule has 3 aromatic heterocycles. The second-order valence-electron chi connectivity index (χ2n) is 4.73. The Hall–Kier alpha value is -1.36. The summed E-state index contributed by atoms with van der Waals surface area (Å²) in [7, 11) is 0. The molecule has 0 spiro atoms. The maximum atomic E-state index is 6.00. The van der Waals surface area contributed by atoms with Crippen molar-refractivity contribution in [2.45, 2.75) is 20.0 Å². The quantitative estimate of drug-likeness (QED) is 0.708. The van der Waals surface area contributed by atoms with Gasteiger partial charge in [0.25, 0.3) is 0 Å². The smallest absolute Gasteiger partial charge is 0.137 e. The summed E-state index contributed by atoms with van der Waals surface area (Å²) in [4.78, 5) is 8.41. The summed E-state index contributed by atoms with van der Waals surface area (Å²) in [6.07, 6.45) is 3.95. The van der Waals surface area contributed by atoms with E-state index in [1.54, 1.807) is 11.3 Å². The molecule has 3 nitrogen and oxygen atoms in total. The van der Waals surface area contributed by atoms with Crippen LogP contribution in [0.3, 0.4) is 0 Å². The average Bonchev–Trinajstić information content (AvgIpc) is 3.06. The van der Waals surface area contributed by atoms with Crippen LogP contribution in [0.1, 0.15) is 17.5 Å². The third-order valence-electron chi connectivity index (χ3n) is 3.26. The van der Waals surface area contributed by atoms with E-state index in [9.17, 15) is 0 Å². The molecule has 20 heavy (non-hydrogen) atoms. The first-order valence-corrected chi connectivity index (χ1v) is 7.88. The Morgan fingerprint density at radius 3 is 2.90 bits per heavy atom. The van der Waals surface area contributed by atoms with Crippen LogP contribution >= 0.6 is 22.9 Å². The lowest BCUT2D eigenvalue weighted by Gasteiger charge is -2.17. The van der Waals surface area contributed by atoms with Crippen LogP contribution in [0.15, 0.2) is 42.0 Å². The van der Waals surface area contributed by atoms with Crippen LogP contribution in [-0.4, -0.2) is 20.8 Å². The zero-order valence-corrected chi connectivity index (χ0v) is 12.9. The van der Waals surface area contributed by atoms with Crippen molar-refractivity contribution in [2.24, 2.45) is 0 Å². The first kappa shape index (κ1) is 13.6. The van der Waals surface area contributed by atoms with Gasteiger partial charge >= 0.3 is 0 Å². The van der Waals surface area contributed by atoms with E-state index in [0.717, 1.165) is 36.0 Å². The van der Waals surface area contributed by atoms with Crippen LogP contribution in [0.25, 0.3) is 5.65 Å². The zero-order chi connectivity index (χ0) is 13.9.